The van der Waals surface area contributed by atoms with E-state index in [9.17, 15) is 0 Å². The highest BCUT2D eigenvalue weighted by atomic mass is 79.9. The molecule has 0 saturated carbocycles. The molecule has 3 aromatic rings. The van der Waals surface area contributed by atoms with Gasteiger partial charge in [0.2, 0.25) is 0 Å². The van der Waals surface area contributed by atoms with Crippen molar-refractivity contribution in [1.29, 1.82) is 0 Å². The van der Waals surface area contributed by atoms with Crippen LogP contribution >= 0.6 is 65.9 Å². The molecule has 0 atom stereocenters. The minimum absolute atomic E-state index is 1.08. The second-order valence-electron chi connectivity index (χ2n) is 12.4. The van der Waals surface area contributed by atoms with E-state index in [4.69, 9.17) is 8.73 Å². The van der Waals surface area contributed by atoms with Crippen molar-refractivity contribution >= 4 is 88.6 Å². The molecule has 244 valence electrons. The number of fused-ring (bicyclic) bond motifs is 1. The lowest BCUT2D eigenvalue weighted by molar-refractivity contribution is 0.556. The fourth-order valence-electron chi connectivity index (χ4n) is 6.00. The monoisotopic (exact) mass is 798 g/mol. The number of thiophene rings is 3. The Hall–Kier alpha value is -0.120. The highest BCUT2D eigenvalue weighted by Crippen LogP contribution is 2.57. The minimum atomic E-state index is 1.08. The van der Waals surface area contributed by atoms with Crippen molar-refractivity contribution in [3.8, 4) is 19.5 Å². The number of aryl methyl sites for hydroxylation is 2. The van der Waals surface area contributed by atoms with Gasteiger partial charge in [0, 0.05) is 9.75 Å². The first-order chi connectivity index (χ1) is 21.6. The third-order valence-electron chi connectivity index (χ3n) is 8.68. The summed E-state index contributed by atoms with van der Waals surface area (Å²) in [7, 11) is 0. The minimum Gasteiger partial charge on any atom is -0.171 e. The Labute approximate surface area is 300 Å². The van der Waals surface area contributed by atoms with E-state index in [1.807, 2.05) is 34.0 Å². The van der Waals surface area contributed by atoms with Gasteiger partial charge < -0.3 is 0 Å². The Morgan fingerprint density at radius 2 is 0.818 bits per heavy atom. The van der Waals surface area contributed by atoms with Gasteiger partial charge in [-0.3, -0.25) is 0 Å². The van der Waals surface area contributed by atoms with E-state index in [0.29, 0.717) is 0 Å². The summed E-state index contributed by atoms with van der Waals surface area (Å²) in [5, 5.41) is 0. The summed E-state index contributed by atoms with van der Waals surface area (Å²) < 4.78 is 12.1. The van der Waals surface area contributed by atoms with E-state index < -0.39 is 0 Å². The molecule has 3 aromatic heterocycles. The standard InChI is InChI=1S/C36H52Br2N2S4/c1-3-5-7-9-11-13-15-17-19-21-23-27-25-29(41-35(27)37)33-31-32(40-44-39-31)34(43-33)30-26-28(36(38)42-30)24-22-20-18-16-14-12-10-8-6-4-2/h25-26H,3-24H2,1-2H3. The molecular weight excluding hydrogens is 748 g/mol. The average Bonchev–Trinajstić information content (AvgIpc) is 3.80. The smallest absolute Gasteiger partial charge is 0.124 e. The second kappa shape index (κ2) is 21.0. The molecule has 2 nitrogen and oxygen atoms in total. The van der Waals surface area contributed by atoms with E-state index in [0.717, 1.165) is 24.2 Å². The first kappa shape index (κ1) is 36.7. The first-order valence-corrected chi connectivity index (χ1v) is 22.2. The van der Waals surface area contributed by atoms with Crippen molar-refractivity contribution < 1.29 is 0 Å². The molecule has 8 heteroatoms. The van der Waals surface area contributed by atoms with Crippen molar-refractivity contribution in [3.05, 3.63) is 30.8 Å². The molecule has 0 N–H and O–H groups in total. The molecule has 4 rings (SSSR count). The maximum atomic E-state index is 4.77. The van der Waals surface area contributed by atoms with Crippen molar-refractivity contribution in [2.24, 2.45) is 8.73 Å². The van der Waals surface area contributed by atoms with Crippen LogP contribution < -0.4 is 0 Å². The summed E-state index contributed by atoms with van der Waals surface area (Å²) in [6, 6.07) is 4.83. The lowest BCUT2D eigenvalue weighted by atomic mass is 10.0. The fraction of sp³-hybridized carbons (Fsp3) is 0.667. The Kier molecular flexibility index (Phi) is 17.5. The van der Waals surface area contributed by atoms with Crippen LogP contribution in [0, 0.1) is 0 Å². The van der Waals surface area contributed by atoms with Gasteiger partial charge >= 0.3 is 0 Å². The van der Waals surface area contributed by atoms with Gasteiger partial charge in [0.1, 0.15) is 11.4 Å². The molecule has 0 radical (unpaired) electrons. The zero-order valence-electron chi connectivity index (χ0n) is 27.0. The van der Waals surface area contributed by atoms with Gasteiger partial charge in [-0.25, -0.2) is 0 Å². The van der Waals surface area contributed by atoms with Crippen LogP contribution in [0.1, 0.15) is 153 Å². The zero-order chi connectivity index (χ0) is 31.0. The Bertz CT molecular complexity index is 1240. The van der Waals surface area contributed by atoms with Gasteiger partial charge in [-0.05, 0) is 80.8 Å². The van der Waals surface area contributed by atoms with E-state index in [-0.39, 0.29) is 0 Å². The number of hydrogen-bond acceptors (Lipinski definition) is 5. The molecule has 0 bridgehead atoms. The van der Waals surface area contributed by atoms with Gasteiger partial charge in [0.05, 0.1) is 28.7 Å². The largest absolute Gasteiger partial charge is 0.171 e. The maximum absolute atomic E-state index is 4.77. The predicted octanol–water partition coefficient (Wildman–Crippen LogP) is 16.4. The maximum Gasteiger partial charge on any atom is 0.124 e. The Morgan fingerprint density at radius 1 is 0.477 bits per heavy atom. The van der Waals surface area contributed by atoms with Crippen molar-refractivity contribution in [1.82, 2.24) is 0 Å². The summed E-state index contributed by atoms with van der Waals surface area (Å²) in [6.45, 7) is 4.59. The van der Waals surface area contributed by atoms with Gasteiger partial charge in [0.25, 0.3) is 0 Å². The first-order valence-electron chi connectivity index (χ1n) is 17.4. The third-order valence-corrected chi connectivity index (χ3v) is 14.7. The van der Waals surface area contributed by atoms with E-state index in [1.54, 1.807) is 0 Å². The molecule has 0 saturated heterocycles. The third kappa shape index (κ3) is 11.5. The molecule has 1 aliphatic rings. The summed E-state index contributed by atoms with van der Waals surface area (Å²) >= 11 is 14.8. The highest BCUT2D eigenvalue weighted by molar-refractivity contribution is 9.11. The molecule has 0 unspecified atom stereocenters. The molecule has 0 spiro atoms. The summed E-state index contributed by atoms with van der Waals surface area (Å²) in [5.41, 5.74) is 5.06. The fourth-order valence-corrected chi connectivity index (χ4v) is 11.6. The van der Waals surface area contributed by atoms with E-state index in [2.05, 4.69) is 57.8 Å². The number of rotatable bonds is 24. The van der Waals surface area contributed by atoms with Crippen LogP contribution in [0.25, 0.3) is 19.5 Å². The van der Waals surface area contributed by atoms with Gasteiger partial charge in [-0.2, -0.15) is 8.73 Å². The lowest BCUT2D eigenvalue weighted by Crippen LogP contribution is -1.85. The molecule has 0 amide bonds. The molecule has 0 aromatic carbocycles. The van der Waals surface area contributed by atoms with Crippen LogP contribution in [-0.4, -0.2) is 0 Å². The normalized spacial score (nSPS) is 12.4. The number of nitrogens with zero attached hydrogens (tertiary/aromatic N) is 2. The Morgan fingerprint density at radius 3 is 1.18 bits per heavy atom. The van der Waals surface area contributed by atoms with E-state index in [1.165, 1.54) is 178 Å². The second-order valence-corrected chi connectivity index (χ2v) is 18.7. The van der Waals surface area contributed by atoms with E-state index >= 15 is 0 Å². The van der Waals surface area contributed by atoms with Crippen molar-refractivity contribution in [3.63, 3.8) is 0 Å². The molecule has 44 heavy (non-hydrogen) atoms. The molecule has 0 aliphatic carbocycles. The van der Waals surface area contributed by atoms with Gasteiger partial charge in [0.15, 0.2) is 0 Å². The average molecular weight is 801 g/mol. The topological polar surface area (TPSA) is 24.7 Å². The molecule has 1 aliphatic heterocycles. The van der Waals surface area contributed by atoms with Crippen LogP contribution in [0.15, 0.2) is 28.4 Å². The summed E-state index contributed by atoms with van der Waals surface area (Å²) in [5.74, 6) is 0. The highest BCUT2D eigenvalue weighted by Gasteiger charge is 2.25. The number of halogens is 2. The Balaban J connectivity index is 1.26. The van der Waals surface area contributed by atoms with Gasteiger partial charge in [-0.1, -0.05) is 129 Å². The lowest BCUT2D eigenvalue weighted by Gasteiger charge is -2.02. The quantitative estimate of drug-likeness (QED) is 0.0631. The predicted molar refractivity (Wildman–Crippen MR) is 209 cm³/mol. The van der Waals surface area contributed by atoms with Crippen LogP contribution in [0.4, 0.5) is 11.4 Å². The van der Waals surface area contributed by atoms with Crippen molar-refractivity contribution in [2.45, 2.75) is 155 Å². The van der Waals surface area contributed by atoms with Crippen LogP contribution in [-0.2, 0) is 24.2 Å². The molecular formula is C36H52Br2N2S4. The number of hydrogen-bond donors (Lipinski definition) is 0. The van der Waals surface area contributed by atoms with Crippen LogP contribution in [0.2, 0.25) is 0 Å². The van der Waals surface area contributed by atoms with Gasteiger partial charge in [-0.15, -0.1) is 34.0 Å². The molecule has 0 fully saturated rings. The number of unbranched alkanes of at least 4 members (excludes halogenated alkanes) is 18. The zero-order valence-corrected chi connectivity index (χ0v) is 33.4. The van der Waals surface area contributed by atoms with Crippen LogP contribution in [0.3, 0.4) is 0 Å². The van der Waals surface area contributed by atoms with Crippen LogP contribution in [0.5, 0.6) is 0 Å². The SMILES string of the molecule is CCCCCCCCCCCCc1cc(-c2sc(-c3cc(CCCCCCCCCCCC)c(Br)s3)c3c2N=S=N3)sc1Br. The summed E-state index contributed by atoms with van der Waals surface area (Å²) in [4.78, 5) is 5.22. The molecule has 4 heterocycles. The van der Waals surface area contributed by atoms with Crippen molar-refractivity contribution in [2.75, 3.05) is 0 Å². The summed E-state index contributed by atoms with van der Waals surface area (Å²) in [6.07, 6.45) is 29.9.